The molecule has 0 radical (unpaired) electrons. The highest BCUT2D eigenvalue weighted by atomic mass is 16.5. The Hall–Kier alpha value is -3.77. The maximum Gasteiger partial charge on any atom is 0.313 e. The van der Waals surface area contributed by atoms with Crippen LogP contribution in [-0.4, -0.2) is 27.0 Å². The van der Waals surface area contributed by atoms with Gasteiger partial charge in [0.25, 0.3) is 0 Å². The lowest BCUT2D eigenvalue weighted by Crippen LogP contribution is -2.28. The molecule has 0 saturated carbocycles. The average molecular weight is 481 g/mol. The van der Waals surface area contributed by atoms with Gasteiger partial charge in [-0.25, -0.2) is 0 Å². The minimum atomic E-state index is -0.557. The molecule has 36 heavy (non-hydrogen) atoms. The molecule has 1 N–H and O–H groups in total. The number of benzene rings is 3. The number of hydrogen-bond donors (Lipinski definition) is 1. The zero-order chi connectivity index (χ0) is 25.1. The number of fused-ring (bicyclic) bond motifs is 1. The summed E-state index contributed by atoms with van der Waals surface area (Å²) < 4.78 is 5.31. The van der Waals surface area contributed by atoms with Crippen LogP contribution in [0.5, 0.6) is 0 Å². The number of nitrogens with one attached hydrogen (secondary N) is 1. The van der Waals surface area contributed by atoms with Crippen LogP contribution in [-0.2, 0) is 35.6 Å². The number of carbonyl (C=O) groups is 1. The first-order valence-corrected chi connectivity index (χ1v) is 12.4. The van der Waals surface area contributed by atoms with E-state index in [0.29, 0.717) is 6.04 Å². The molecule has 0 spiro atoms. The summed E-state index contributed by atoms with van der Waals surface area (Å²) in [5.74, 6) is -0.282. The van der Waals surface area contributed by atoms with Crippen molar-refractivity contribution in [3.63, 3.8) is 0 Å². The molecule has 0 saturated heterocycles. The summed E-state index contributed by atoms with van der Waals surface area (Å²) in [6, 6.07) is 26.2. The van der Waals surface area contributed by atoms with Gasteiger partial charge in [-0.3, -0.25) is 4.79 Å². The fraction of sp³-hybridized carbons (Fsp3) is 0.300. The Morgan fingerprint density at radius 2 is 1.64 bits per heavy atom. The molecule has 1 aromatic heterocycles. The molecule has 4 aromatic rings. The van der Waals surface area contributed by atoms with E-state index in [4.69, 9.17) is 4.74 Å². The summed E-state index contributed by atoms with van der Waals surface area (Å²) in [5.41, 5.74) is 7.63. The number of esters is 1. The first-order valence-electron chi connectivity index (χ1n) is 12.4. The lowest BCUT2D eigenvalue weighted by molar-refractivity contribution is -0.157. The van der Waals surface area contributed by atoms with Crippen molar-refractivity contribution < 1.29 is 9.53 Å². The van der Waals surface area contributed by atoms with E-state index >= 15 is 0 Å². The molecule has 1 heterocycles. The van der Waals surface area contributed by atoms with Gasteiger partial charge in [0, 0.05) is 18.2 Å². The molecule has 3 aromatic carbocycles. The first kappa shape index (κ1) is 23.9. The predicted molar refractivity (Wildman–Crippen MR) is 141 cm³/mol. The van der Waals surface area contributed by atoms with Crippen LogP contribution < -0.4 is 5.32 Å². The quantitative estimate of drug-likeness (QED) is 0.358. The second kappa shape index (κ2) is 10.1. The Bertz CT molecular complexity index is 1330. The van der Waals surface area contributed by atoms with Crippen LogP contribution in [0.3, 0.4) is 0 Å². The van der Waals surface area contributed by atoms with Crippen molar-refractivity contribution >= 4 is 5.97 Å². The van der Waals surface area contributed by atoms with Gasteiger partial charge in [0.2, 0.25) is 6.73 Å². The van der Waals surface area contributed by atoms with Crippen molar-refractivity contribution in [2.24, 2.45) is 5.41 Å². The molecule has 0 fully saturated rings. The predicted octanol–water partition coefficient (Wildman–Crippen LogP) is 5.42. The number of nitrogens with zero attached hydrogens (tertiary/aromatic N) is 3. The van der Waals surface area contributed by atoms with Crippen LogP contribution in [0.1, 0.15) is 37.5 Å². The average Bonchev–Trinajstić information content (AvgIpc) is 3.53. The monoisotopic (exact) mass is 480 g/mol. The third-order valence-corrected chi connectivity index (χ3v) is 6.55. The van der Waals surface area contributed by atoms with E-state index < -0.39 is 5.41 Å². The number of hydrogen-bond acceptors (Lipinski definition) is 5. The lowest BCUT2D eigenvalue weighted by atomic mass is 9.98. The summed E-state index contributed by atoms with van der Waals surface area (Å²) >= 11 is 0. The highest BCUT2D eigenvalue weighted by Crippen LogP contribution is 2.26. The van der Waals surface area contributed by atoms with Crippen molar-refractivity contribution in [1.82, 2.24) is 20.3 Å². The molecule has 5 rings (SSSR count). The molecule has 0 bridgehead atoms. The van der Waals surface area contributed by atoms with Gasteiger partial charge in [0.1, 0.15) is 5.69 Å². The van der Waals surface area contributed by atoms with Gasteiger partial charge in [-0.05, 0) is 67.5 Å². The first-order chi connectivity index (χ1) is 17.3. The molecule has 1 aliphatic carbocycles. The fourth-order valence-corrected chi connectivity index (χ4v) is 4.46. The second-order valence-corrected chi connectivity index (χ2v) is 10.4. The van der Waals surface area contributed by atoms with Gasteiger partial charge in [0.05, 0.1) is 11.6 Å². The van der Waals surface area contributed by atoms with Crippen LogP contribution in [0, 0.1) is 5.41 Å². The maximum absolute atomic E-state index is 12.0. The van der Waals surface area contributed by atoms with E-state index in [1.165, 1.54) is 21.5 Å². The molecular weight excluding hydrogens is 448 g/mol. The van der Waals surface area contributed by atoms with Gasteiger partial charge in [-0.15, -0.1) is 9.90 Å². The summed E-state index contributed by atoms with van der Waals surface area (Å²) in [5, 5.41) is 12.4. The molecule has 0 amide bonds. The van der Waals surface area contributed by atoms with Gasteiger partial charge in [0.15, 0.2) is 0 Å². The number of aromatic nitrogens is 3. The van der Waals surface area contributed by atoms with Gasteiger partial charge in [-0.1, -0.05) is 66.7 Å². The van der Waals surface area contributed by atoms with Crippen LogP contribution in [0.2, 0.25) is 0 Å². The molecule has 6 nitrogen and oxygen atoms in total. The third-order valence-electron chi connectivity index (χ3n) is 6.55. The van der Waals surface area contributed by atoms with Crippen LogP contribution in [0.25, 0.3) is 22.4 Å². The van der Waals surface area contributed by atoms with Crippen LogP contribution >= 0.6 is 0 Å². The molecular formula is C30H32N4O2. The van der Waals surface area contributed by atoms with Gasteiger partial charge >= 0.3 is 5.97 Å². The Kier molecular flexibility index (Phi) is 6.70. The standard InChI is InChI=1S/C30H32N4O2/c1-30(2,3)29(35)36-20-34-32-19-28(33-34)26-10-6-9-23(15-26)22-13-11-21(12-14-22)18-31-27-16-24-7-4-5-8-25(24)17-27/h4-15,19,27,31H,16-18,20H2,1-3H3. The topological polar surface area (TPSA) is 69.0 Å². The lowest BCUT2D eigenvalue weighted by Gasteiger charge is -2.15. The number of carbonyl (C=O) groups excluding carboxylic acids is 1. The SMILES string of the molecule is CC(C)(C)C(=O)OCn1ncc(-c2cccc(-c3ccc(CNC4Cc5ccccc5C4)cc3)c2)n1. The van der Waals surface area contributed by atoms with E-state index in [1.807, 2.05) is 32.9 Å². The van der Waals surface area contributed by atoms with E-state index in [1.54, 1.807) is 6.20 Å². The smallest absolute Gasteiger partial charge is 0.313 e. The minimum absolute atomic E-state index is 0.00175. The highest BCUT2D eigenvalue weighted by molar-refractivity contribution is 5.75. The highest BCUT2D eigenvalue weighted by Gasteiger charge is 2.23. The van der Waals surface area contributed by atoms with E-state index in [0.717, 1.165) is 41.8 Å². The molecule has 1 aliphatic rings. The van der Waals surface area contributed by atoms with Gasteiger partial charge in [-0.2, -0.15) is 5.10 Å². The van der Waals surface area contributed by atoms with E-state index in [2.05, 4.69) is 76.2 Å². The zero-order valence-corrected chi connectivity index (χ0v) is 21.1. The summed E-state index contributed by atoms with van der Waals surface area (Å²) in [4.78, 5) is 13.4. The van der Waals surface area contributed by atoms with E-state index in [9.17, 15) is 4.79 Å². The minimum Gasteiger partial charge on any atom is -0.440 e. The van der Waals surface area contributed by atoms with Crippen molar-refractivity contribution in [2.75, 3.05) is 0 Å². The van der Waals surface area contributed by atoms with Crippen molar-refractivity contribution in [3.05, 3.63) is 95.7 Å². The molecule has 0 aliphatic heterocycles. The maximum atomic E-state index is 12.0. The van der Waals surface area contributed by atoms with Crippen LogP contribution in [0.4, 0.5) is 0 Å². The van der Waals surface area contributed by atoms with Crippen LogP contribution in [0.15, 0.2) is 79.0 Å². The van der Waals surface area contributed by atoms with Crippen molar-refractivity contribution in [2.45, 2.75) is 52.9 Å². The summed E-state index contributed by atoms with van der Waals surface area (Å²) in [7, 11) is 0. The van der Waals surface area contributed by atoms with Crippen molar-refractivity contribution in [3.8, 4) is 22.4 Å². The molecule has 0 unspecified atom stereocenters. The molecule has 6 heteroatoms. The zero-order valence-electron chi connectivity index (χ0n) is 21.1. The Labute approximate surface area is 212 Å². The second-order valence-electron chi connectivity index (χ2n) is 10.4. The van der Waals surface area contributed by atoms with E-state index in [-0.39, 0.29) is 12.7 Å². The largest absolute Gasteiger partial charge is 0.440 e. The Balaban J connectivity index is 1.20. The van der Waals surface area contributed by atoms with Gasteiger partial charge < -0.3 is 10.1 Å². The fourth-order valence-electron chi connectivity index (χ4n) is 4.46. The molecule has 184 valence electrons. The summed E-state index contributed by atoms with van der Waals surface area (Å²) in [6.07, 6.45) is 3.90. The third kappa shape index (κ3) is 5.55. The Morgan fingerprint density at radius 3 is 2.33 bits per heavy atom. The number of rotatable bonds is 7. The van der Waals surface area contributed by atoms with Crippen molar-refractivity contribution in [1.29, 1.82) is 0 Å². The normalized spacial score (nSPS) is 13.5. The summed E-state index contributed by atoms with van der Waals surface area (Å²) in [6.45, 7) is 6.32. The molecule has 0 atom stereocenters. The Morgan fingerprint density at radius 1 is 0.944 bits per heavy atom. The number of ether oxygens (including phenoxy) is 1.